The minimum Gasteiger partial charge on any atom is -0.396 e. The highest BCUT2D eigenvalue weighted by Crippen LogP contribution is 2.41. The molecule has 0 aromatic heterocycles. The molecule has 3 aliphatic heterocycles. The van der Waals surface area contributed by atoms with Crippen molar-refractivity contribution in [1.82, 2.24) is 9.80 Å². The summed E-state index contributed by atoms with van der Waals surface area (Å²) >= 11 is 0. The van der Waals surface area contributed by atoms with E-state index in [1.165, 1.54) is 11.0 Å². The molecular formula is C32H36F2N4O4. The van der Waals surface area contributed by atoms with E-state index in [0.717, 1.165) is 63.9 Å². The van der Waals surface area contributed by atoms with Crippen molar-refractivity contribution in [3.63, 3.8) is 0 Å². The molecule has 0 aliphatic carbocycles. The van der Waals surface area contributed by atoms with Crippen LogP contribution >= 0.6 is 0 Å². The first kappa shape index (κ1) is 28.7. The third kappa shape index (κ3) is 5.51. The first-order chi connectivity index (χ1) is 20.3. The van der Waals surface area contributed by atoms with Crippen molar-refractivity contribution >= 4 is 28.3 Å². The number of primary amides is 1. The summed E-state index contributed by atoms with van der Waals surface area (Å²) < 4.78 is 35.6. The number of carbonyl (C=O) groups excluding carboxylic acids is 2. The van der Waals surface area contributed by atoms with Crippen LogP contribution in [0.1, 0.15) is 46.3 Å². The number of hydrogen-bond donors (Lipinski definition) is 2. The predicted molar refractivity (Wildman–Crippen MR) is 155 cm³/mol. The van der Waals surface area contributed by atoms with Crippen molar-refractivity contribution in [3.05, 3.63) is 76.4 Å². The van der Waals surface area contributed by atoms with Gasteiger partial charge in [-0.15, -0.1) is 0 Å². The largest absolute Gasteiger partial charge is 0.396 e. The van der Waals surface area contributed by atoms with Gasteiger partial charge < -0.3 is 15.6 Å². The van der Waals surface area contributed by atoms with Gasteiger partial charge in [-0.25, -0.2) is 8.78 Å². The second kappa shape index (κ2) is 12.0. The first-order valence-corrected chi connectivity index (χ1v) is 14.6. The number of aliphatic hydroxyl groups excluding tert-OH is 1. The Hall–Kier alpha value is -3.44. The van der Waals surface area contributed by atoms with E-state index in [1.807, 2.05) is 6.07 Å². The van der Waals surface area contributed by atoms with E-state index in [9.17, 15) is 19.1 Å². The Bertz CT molecular complexity index is 1500. The summed E-state index contributed by atoms with van der Waals surface area (Å²) in [7, 11) is 0. The van der Waals surface area contributed by atoms with Gasteiger partial charge in [0.15, 0.2) is 0 Å². The molecule has 3 heterocycles. The molecule has 0 spiro atoms. The van der Waals surface area contributed by atoms with Crippen LogP contribution in [0.2, 0.25) is 0 Å². The van der Waals surface area contributed by atoms with E-state index in [4.69, 9.17) is 10.5 Å². The molecule has 2 fully saturated rings. The molecule has 6 rings (SSSR count). The van der Waals surface area contributed by atoms with Crippen LogP contribution < -0.4 is 10.6 Å². The second-order valence-corrected chi connectivity index (χ2v) is 11.5. The number of amides is 2. The SMILES string of the molecule is NC(=O)C(CCO)N1C(=O)c2cc(F)cc3c(Cc4ccc(CN5CCC(N6CCOCC6)CC5)cc4F)ccc1c23. The number of aliphatic hydroxyl groups is 1. The lowest BCUT2D eigenvalue weighted by atomic mass is 9.95. The van der Waals surface area contributed by atoms with Crippen molar-refractivity contribution in [2.75, 3.05) is 50.9 Å². The summed E-state index contributed by atoms with van der Waals surface area (Å²) in [6, 6.07) is 10.7. The van der Waals surface area contributed by atoms with Crippen LogP contribution in [0.3, 0.4) is 0 Å². The average molecular weight is 579 g/mol. The third-order valence-corrected chi connectivity index (χ3v) is 8.92. The molecule has 3 N–H and O–H groups in total. The van der Waals surface area contributed by atoms with Gasteiger partial charge in [0.1, 0.15) is 17.7 Å². The zero-order chi connectivity index (χ0) is 29.4. The average Bonchev–Trinajstić information content (AvgIpc) is 3.26. The normalized spacial score (nSPS) is 19.1. The number of halogens is 2. The monoisotopic (exact) mass is 578 g/mol. The molecular weight excluding hydrogens is 542 g/mol. The Morgan fingerprint density at radius 1 is 1.02 bits per heavy atom. The topological polar surface area (TPSA) is 99.3 Å². The van der Waals surface area contributed by atoms with E-state index in [1.54, 1.807) is 24.3 Å². The fourth-order valence-electron chi connectivity index (χ4n) is 6.76. The molecule has 10 heteroatoms. The van der Waals surface area contributed by atoms with Gasteiger partial charge in [-0.1, -0.05) is 18.2 Å². The van der Waals surface area contributed by atoms with Gasteiger partial charge in [-0.05, 0) is 72.3 Å². The molecule has 8 nitrogen and oxygen atoms in total. The van der Waals surface area contributed by atoms with Gasteiger partial charge in [-0.3, -0.25) is 24.3 Å². The Morgan fingerprint density at radius 3 is 2.45 bits per heavy atom. The Balaban J connectivity index is 1.19. The standard InChI is InChI=1S/C32H36F2N4O4/c33-23-17-25-21(3-4-28-30(25)26(18-23)32(41)38(28)29(7-12-39)31(35)40)16-22-2-1-20(15-27(22)34)19-36-8-5-24(6-9-36)37-10-13-42-14-11-37/h1-4,15,17-18,24,29,39H,5-14,16,19H2,(H2,35,40). The molecule has 2 amide bonds. The Kier molecular flexibility index (Phi) is 8.22. The number of morpholine rings is 1. The fourth-order valence-corrected chi connectivity index (χ4v) is 6.76. The summed E-state index contributed by atoms with van der Waals surface area (Å²) in [5, 5.41) is 10.4. The molecule has 1 unspecified atom stereocenters. The van der Waals surface area contributed by atoms with Crippen LogP contribution in [-0.2, 0) is 22.5 Å². The van der Waals surface area contributed by atoms with Crippen LogP contribution in [0.25, 0.3) is 10.8 Å². The number of piperidine rings is 1. The van der Waals surface area contributed by atoms with Crippen molar-refractivity contribution in [2.45, 2.75) is 44.3 Å². The number of anilines is 1. The number of rotatable bonds is 9. The number of ether oxygens (including phenoxy) is 1. The van der Waals surface area contributed by atoms with Crippen molar-refractivity contribution in [2.24, 2.45) is 5.73 Å². The van der Waals surface area contributed by atoms with Crippen LogP contribution in [-0.4, -0.2) is 84.8 Å². The number of hydrogen-bond acceptors (Lipinski definition) is 6. The van der Waals surface area contributed by atoms with E-state index in [2.05, 4.69) is 9.80 Å². The summed E-state index contributed by atoms with van der Waals surface area (Å²) in [5.41, 5.74) is 8.15. The molecule has 0 saturated carbocycles. The maximum absolute atomic E-state index is 15.4. The van der Waals surface area contributed by atoms with E-state index >= 15 is 4.39 Å². The third-order valence-electron chi connectivity index (χ3n) is 8.92. The highest BCUT2D eigenvalue weighted by atomic mass is 19.1. The van der Waals surface area contributed by atoms with E-state index < -0.39 is 23.7 Å². The van der Waals surface area contributed by atoms with Crippen molar-refractivity contribution < 1.29 is 28.2 Å². The van der Waals surface area contributed by atoms with Gasteiger partial charge in [-0.2, -0.15) is 0 Å². The number of likely N-dealkylation sites (tertiary alicyclic amines) is 1. The molecule has 3 aromatic carbocycles. The van der Waals surface area contributed by atoms with Gasteiger partial charge >= 0.3 is 0 Å². The minimum atomic E-state index is -1.07. The van der Waals surface area contributed by atoms with Crippen molar-refractivity contribution in [3.8, 4) is 0 Å². The zero-order valence-corrected chi connectivity index (χ0v) is 23.5. The quantitative estimate of drug-likeness (QED) is 0.405. The molecule has 42 heavy (non-hydrogen) atoms. The second-order valence-electron chi connectivity index (χ2n) is 11.5. The zero-order valence-electron chi connectivity index (χ0n) is 23.5. The van der Waals surface area contributed by atoms with Crippen LogP contribution in [0.15, 0.2) is 42.5 Å². The summed E-state index contributed by atoms with van der Waals surface area (Å²) in [6.07, 6.45) is 2.37. The molecule has 2 saturated heterocycles. The number of carbonyl (C=O) groups is 2. The molecule has 0 radical (unpaired) electrons. The van der Waals surface area contributed by atoms with Crippen LogP contribution in [0, 0.1) is 11.6 Å². The number of nitrogens with two attached hydrogens (primary N) is 1. The lowest BCUT2D eigenvalue weighted by Gasteiger charge is -2.40. The summed E-state index contributed by atoms with van der Waals surface area (Å²) in [6.45, 7) is 5.89. The summed E-state index contributed by atoms with van der Waals surface area (Å²) in [5.74, 6) is -2.23. The van der Waals surface area contributed by atoms with Gasteiger partial charge in [0.05, 0.1) is 24.5 Å². The molecule has 222 valence electrons. The maximum atomic E-state index is 15.4. The highest BCUT2D eigenvalue weighted by Gasteiger charge is 2.38. The van der Waals surface area contributed by atoms with E-state index in [-0.39, 0.29) is 30.8 Å². The van der Waals surface area contributed by atoms with E-state index in [0.29, 0.717) is 40.2 Å². The lowest BCUT2D eigenvalue weighted by molar-refractivity contribution is -0.119. The molecule has 3 aromatic rings. The predicted octanol–water partition coefficient (Wildman–Crippen LogP) is 3.20. The van der Waals surface area contributed by atoms with Crippen LogP contribution in [0.4, 0.5) is 14.5 Å². The number of nitrogens with zero attached hydrogens (tertiary/aromatic N) is 3. The maximum Gasteiger partial charge on any atom is 0.259 e. The summed E-state index contributed by atoms with van der Waals surface area (Å²) in [4.78, 5) is 31.5. The molecule has 3 aliphatic rings. The van der Waals surface area contributed by atoms with Crippen molar-refractivity contribution in [1.29, 1.82) is 0 Å². The molecule has 1 atom stereocenters. The minimum absolute atomic E-state index is 0.0375. The van der Waals surface area contributed by atoms with Crippen LogP contribution in [0.5, 0.6) is 0 Å². The Labute approximate surface area is 243 Å². The van der Waals surface area contributed by atoms with Gasteiger partial charge in [0.2, 0.25) is 5.91 Å². The van der Waals surface area contributed by atoms with Gasteiger partial charge in [0.25, 0.3) is 5.91 Å². The smallest absolute Gasteiger partial charge is 0.259 e. The Morgan fingerprint density at radius 2 is 1.76 bits per heavy atom. The van der Waals surface area contributed by atoms with Gasteiger partial charge in [0, 0.05) is 50.5 Å². The first-order valence-electron chi connectivity index (χ1n) is 14.6. The fraction of sp³-hybridized carbons (Fsp3) is 0.438. The molecule has 0 bridgehead atoms. The lowest BCUT2D eigenvalue weighted by Crippen LogP contribution is -2.48. The number of benzene rings is 3. The highest BCUT2D eigenvalue weighted by molar-refractivity contribution is 6.27.